The van der Waals surface area contributed by atoms with Crippen molar-refractivity contribution in [1.29, 1.82) is 0 Å². The second-order valence-electron chi connectivity index (χ2n) is 5.43. The van der Waals surface area contributed by atoms with Gasteiger partial charge in [-0.25, -0.2) is 13.8 Å². The van der Waals surface area contributed by atoms with Crippen molar-refractivity contribution in [1.82, 2.24) is 0 Å². The third kappa shape index (κ3) is 2.28. The van der Waals surface area contributed by atoms with Crippen LogP contribution in [0.5, 0.6) is 0 Å². The largest absolute Gasteiger partial charge is 0.446 e. The van der Waals surface area contributed by atoms with Crippen LogP contribution in [0.4, 0.5) is 20.4 Å². The van der Waals surface area contributed by atoms with Crippen molar-refractivity contribution in [2.75, 3.05) is 4.90 Å². The fourth-order valence-corrected chi connectivity index (χ4v) is 2.74. The van der Waals surface area contributed by atoms with Gasteiger partial charge in [-0.3, -0.25) is 0 Å². The molecule has 2 N–H and O–H groups in total. The van der Waals surface area contributed by atoms with Gasteiger partial charge in [0, 0.05) is 11.3 Å². The lowest BCUT2D eigenvalue weighted by Gasteiger charge is -2.29. The van der Waals surface area contributed by atoms with E-state index in [-0.39, 0.29) is 5.56 Å². The summed E-state index contributed by atoms with van der Waals surface area (Å²) >= 11 is 0. The lowest BCUT2D eigenvalue weighted by molar-refractivity contribution is 0.511. The highest BCUT2D eigenvalue weighted by Crippen LogP contribution is 2.34. The van der Waals surface area contributed by atoms with Crippen LogP contribution in [0.3, 0.4) is 0 Å². The first kappa shape index (κ1) is 14.6. The number of anilines is 1. The van der Waals surface area contributed by atoms with Crippen LogP contribution in [0.15, 0.2) is 64.2 Å². The second kappa shape index (κ2) is 5.58. The molecule has 3 aromatic rings. The number of nitrogens with two attached hydrogens (primary N) is 1. The van der Waals surface area contributed by atoms with Crippen LogP contribution in [0.2, 0.25) is 0 Å². The molecule has 6 heteroatoms. The average Bonchev–Trinajstić information content (AvgIpc) is 3.08. The van der Waals surface area contributed by atoms with Gasteiger partial charge in [0.25, 0.3) is 0 Å². The van der Waals surface area contributed by atoms with E-state index in [2.05, 4.69) is 4.99 Å². The van der Waals surface area contributed by atoms with E-state index in [0.717, 1.165) is 17.3 Å². The lowest BCUT2D eigenvalue weighted by atomic mass is 10.0. The quantitative estimate of drug-likeness (QED) is 0.761. The number of fused-ring (bicyclic) bond motifs is 1. The molecule has 0 saturated heterocycles. The molecule has 1 aromatic heterocycles. The number of furan rings is 1. The Bertz CT molecular complexity index is 918. The average molecular weight is 325 g/mol. The van der Waals surface area contributed by atoms with Crippen molar-refractivity contribution in [3.63, 3.8) is 0 Å². The molecule has 0 amide bonds. The SMILES string of the molecule is NC1c2ccoc2N=CN1c1ccc(-c2cccc(F)c2F)cc1. The van der Waals surface area contributed by atoms with E-state index in [0.29, 0.717) is 11.4 Å². The highest BCUT2D eigenvalue weighted by atomic mass is 19.2. The Kier molecular flexibility index (Phi) is 3.39. The molecule has 0 radical (unpaired) electrons. The minimum atomic E-state index is -0.866. The molecule has 120 valence electrons. The number of hydrogen-bond donors (Lipinski definition) is 1. The summed E-state index contributed by atoms with van der Waals surface area (Å²) in [6.45, 7) is 0. The number of nitrogens with zero attached hydrogens (tertiary/aromatic N) is 2. The zero-order valence-electron chi connectivity index (χ0n) is 12.5. The predicted octanol–water partition coefficient (Wildman–Crippen LogP) is 4.36. The van der Waals surface area contributed by atoms with Crippen molar-refractivity contribution < 1.29 is 13.2 Å². The van der Waals surface area contributed by atoms with Crippen LogP contribution >= 0.6 is 0 Å². The maximum atomic E-state index is 13.9. The molecule has 0 spiro atoms. The minimum Gasteiger partial charge on any atom is -0.446 e. The van der Waals surface area contributed by atoms with Gasteiger partial charge in [0.2, 0.25) is 5.88 Å². The van der Waals surface area contributed by atoms with E-state index in [1.165, 1.54) is 6.07 Å². The first-order chi connectivity index (χ1) is 11.6. The van der Waals surface area contributed by atoms with E-state index in [1.54, 1.807) is 53.9 Å². The Morgan fingerprint density at radius 1 is 1.04 bits per heavy atom. The first-order valence-corrected chi connectivity index (χ1v) is 7.35. The Labute approximate surface area is 136 Å². The van der Waals surface area contributed by atoms with Gasteiger partial charge in [-0.2, -0.15) is 0 Å². The Balaban J connectivity index is 1.66. The molecular weight excluding hydrogens is 312 g/mol. The molecule has 0 fully saturated rings. The molecule has 0 saturated carbocycles. The third-order valence-electron chi connectivity index (χ3n) is 4.02. The smallest absolute Gasteiger partial charge is 0.226 e. The fourth-order valence-electron chi connectivity index (χ4n) is 2.74. The van der Waals surface area contributed by atoms with Crippen molar-refractivity contribution >= 4 is 17.9 Å². The van der Waals surface area contributed by atoms with E-state index < -0.39 is 17.8 Å². The summed E-state index contributed by atoms with van der Waals surface area (Å²) in [5.74, 6) is -1.23. The van der Waals surface area contributed by atoms with Crippen LogP contribution < -0.4 is 10.6 Å². The molecule has 1 aliphatic heterocycles. The molecule has 1 unspecified atom stereocenters. The van der Waals surface area contributed by atoms with Crippen molar-refractivity contribution in [2.45, 2.75) is 6.17 Å². The number of halogens is 2. The zero-order valence-corrected chi connectivity index (χ0v) is 12.5. The number of rotatable bonds is 2. The van der Waals surface area contributed by atoms with Gasteiger partial charge in [0.1, 0.15) is 12.5 Å². The van der Waals surface area contributed by atoms with Crippen LogP contribution in [0.1, 0.15) is 11.7 Å². The van der Waals surface area contributed by atoms with Crippen LogP contribution in [0, 0.1) is 11.6 Å². The van der Waals surface area contributed by atoms with Gasteiger partial charge < -0.3 is 15.1 Å². The summed E-state index contributed by atoms with van der Waals surface area (Å²) in [6, 6.07) is 12.9. The summed E-state index contributed by atoms with van der Waals surface area (Å²) in [7, 11) is 0. The van der Waals surface area contributed by atoms with Crippen molar-refractivity contribution in [3.05, 3.63) is 72.0 Å². The van der Waals surface area contributed by atoms with E-state index in [9.17, 15) is 8.78 Å². The van der Waals surface area contributed by atoms with Gasteiger partial charge in [0.05, 0.1) is 11.8 Å². The minimum absolute atomic E-state index is 0.218. The van der Waals surface area contributed by atoms with Crippen LogP contribution in [-0.2, 0) is 0 Å². The number of benzene rings is 2. The van der Waals surface area contributed by atoms with E-state index >= 15 is 0 Å². The summed E-state index contributed by atoms with van der Waals surface area (Å²) < 4.78 is 32.5. The van der Waals surface area contributed by atoms with E-state index in [4.69, 9.17) is 10.2 Å². The predicted molar refractivity (Wildman–Crippen MR) is 88.1 cm³/mol. The molecule has 4 rings (SSSR count). The summed E-state index contributed by atoms with van der Waals surface area (Å²) in [4.78, 5) is 5.99. The summed E-state index contributed by atoms with van der Waals surface area (Å²) in [5.41, 5.74) is 8.61. The molecule has 4 nitrogen and oxygen atoms in total. The normalized spacial score (nSPS) is 16.3. The number of hydrogen-bond acceptors (Lipinski definition) is 4. The summed E-state index contributed by atoms with van der Waals surface area (Å²) in [6.07, 6.45) is 2.71. The molecular formula is C18H13F2N3O. The topological polar surface area (TPSA) is 54.8 Å². The van der Waals surface area contributed by atoms with Crippen molar-refractivity contribution in [2.24, 2.45) is 10.7 Å². The van der Waals surface area contributed by atoms with E-state index in [1.807, 2.05) is 0 Å². The lowest BCUT2D eigenvalue weighted by Crippen LogP contribution is -2.35. The zero-order chi connectivity index (χ0) is 16.7. The monoisotopic (exact) mass is 325 g/mol. The first-order valence-electron chi connectivity index (χ1n) is 7.35. The maximum absolute atomic E-state index is 13.9. The fraction of sp³-hybridized carbons (Fsp3) is 0.0556. The standard InChI is InChI=1S/C18H13F2N3O/c19-15-3-1-2-13(16(15)20)11-4-6-12(7-5-11)23-10-22-18-14(17(23)21)8-9-24-18/h1-10,17H,21H2. The van der Waals surface area contributed by atoms with Gasteiger partial charge in [0.15, 0.2) is 11.6 Å². The number of aliphatic imine (C=N–C) groups is 1. The third-order valence-corrected chi connectivity index (χ3v) is 4.02. The Morgan fingerprint density at radius 2 is 1.83 bits per heavy atom. The Hall–Kier alpha value is -2.99. The summed E-state index contributed by atoms with van der Waals surface area (Å²) in [5, 5.41) is 0. The molecule has 24 heavy (non-hydrogen) atoms. The van der Waals surface area contributed by atoms with Gasteiger partial charge in [-0.15, -0.1) is 0 Å². The molecule has 1 atom stereocenters. The van der Waals surface area contributed by atoms with Crippen molar-refractivity contribution in [3.8, 4) is 11.1 Å². The molecule has 2 aromatic carbocycles. The van der Waals surface area contributed by atoms with Gasteiger partial charge >= 0.3 is 0 Å². The van der Waals surface area contributed by atoms with Gasteiger partial charge in [-0.05, 0) is 29.8 Å². The van der Waals surface area contributed by atoms with Gasteiger partial charge in [-0.1, -0.05) is 24.3 Å². The maximum Gasteiger partial charge on any atom is 0.226 e. The highest BCUT2D eigenvalue weighted by molar-refractivity contribution is 5.85. The van der Waals surface area contributed by atoms with Crippen LogP contribution in [0.25, 0.3) is 11.1 Å². The molecule has 1 aliphatic rings. The second-order valence-corrected chi connectivity index (χ2v) is 5.43. The molecule has 0 aliphatic carbocycles. The molecule has 2 heterocycles. The Morgan fingerprint density at radius 3 is 2.62 bits per heavy atom. The highest BCUT2D eigenvalue weighted by Gasteiger charge is 2.24. The van der Waals surface area contributed by atoms with Crippen LogP contribution in [-0.4, -0.2) is 6.34 Å². The molecule has 0 bridgehead atoms.